The van der Waals surface area contributed by atoms with Crippen LogP contribution in [0.1, 0.15) is 50.8 Å². The monoisotopic (exact) mass is 435 g/mol. The lowest BCUT2D eigenvalue weighted by Gasteiger charge is -2.39. The second kappa shape index (κ2) is 9.12. The Balaban J connectivity index is 1.77. The van der Waals surface area contributed by atoms with E-state index in [-0.39, 0.29) is 24.4 Å². The highest BCUT2D eigenvalue weighted by molar-refractivity contribution is 6.04. The van der Waals surface area contributed by atoms with Crippen molar-refractivity contribution in [3.05, 3.63) is 76.7 Å². The van der Waals surface area contributed by atoms with Crippen molar-refractivity contribution in [3.63, 3.8) is 0 Å². The fourth-order valence-electron chi connectivity index (χ4n) is 4.51. The van der Waals surface area contributed by atoms with E-state index in [1.165, 1.54) is 0 Å². The van der Waals surface area contributed by atoms with Crippen LogP contribution in [-0.4, -0.2) is 34.9 Å². The summed E-state index contributed by atoms with van der Waals surface area (Å²) in [4.78, 5) is 33.8. The minimum absolute atomic E-state index is 0.0470. The number of nitrogens with one attached hydrogen (secondary N) is 2. The second-order valence-corrected chi connectivity index (χ2v) is 8.98. The van der Waals surface area contributed by atoms with Gasteiger partial charge in [0.15, 0.2) is 5.78 Å². The largest absolute Gasteiger partial charge is 0.463 e. The number of ether oxygens (including phenoxy) is 2. The third kappa shape index (κ3) is 4.53. The van der Waals surface area contributed by atoms with Crippen LogP contribution in [0, 0.1) is 5.41 Å². The van der Waals surface area contributed by atoms with Gasteiger partial charge in [0.05, 0.1) is 31.1 Å². The van der Waals surface area contributed by atoms with Crippen molar-refractivity contribution in [2.24, 2.45) is 5.41 Å². The second-order valence-electron chi connectivity index (χ2n) is 8.98. The number of hydrogen-bond acceptors (Lipinski definition) is 6. The number of dihydropyridines is 1. The Morgan fingerprint density at radius 3 is 2.75 bits per heavy atom. The van der Waals surface area contributed by atoms with Crippen LogP contribution in [0.2, 0.25) is 0 Å². The number of pyridine rings is 1. The van der Waals surface area contributed by atoms with Crippen molar-refractivity contribution in [1.82, 2.24) is 15.3 Å². The molecule has 7 nitrogen and oxygen atoms in total. The first-order valence-electron chi connectivity index (χ1n) is 10.9. The zero-order valence-electron chi connectivity index (χ0n) is 18.7. The minimum Gasteiger partial charge on any atom is -0.463 e. The first-order chi connectivity index (χ1) is 15.4. The van der Waals surface area contributed by atoms with Gasteiger partial charge in [0.25, 0.3) is 0 Å². The molecule has 0 saturated heterocycles. The average Bonchev–Trinajstić information content (AvgIpc) is 3.26. The van der Waals surface area contributed by atoms with Crippen molar-refractivity contribution in [2.75, 3.05) is 13.2 Å². The molecule has 2 aromatic heterocycles. The number of H-pyrrole nitrogens is 1. The van der Waals surface area contributed by atoms with Crippen LogP contribution in [0.4, 0.5) is 0 Å². The molecule has 2 aromatic rings. The molecule has 1 atom stereocenters. The number of Topliss-reactive ketones (excluding diaryl/α,β-unsaturated/α-hetero) is 1. The maximum Gasteiger partial charge on any atom is 0.336 e. The van der Waals surface area contributed by atoms with E-state index in [1.54, 1.807) is 19.3 Å². The van der Waals surface area contributed by atoms with Crippen LogP contribution in [0.3, 0.4) is 0 Å². The molecule has 0 saturated carbocycles. The molecular formula is C25H29N3O4. The Morgan fingerprint density at radius 1 is 1.22 bits per heavy atom. The van der Waals surface area contributed by atoms with E-state index < -0.39 is 11.9 Å². The smallest absolute Gasteiger partial charge is 0.336 e. The summed E-state index contributed by atoms with van der Waals surface area (Å²) < 4.78 is 11.4. The Labute approximate surface area is 187 Å². The SMILES string of the molecule is CCOC(=O)C1=C(COCc2ccc[nH]2)NC2=C(C(=O)CC(C)(C)C2)C1c1cccnc1. The molecule has 2 N–H and O–H groups in total. The maximum absolute atomic E-state index is 13.3. The number of esters is 1. The van der Waals surface area contributed by atoms with Crippen LogP contribution < -0.4 is 5.32 Å². The van der Waals surface area contributed by atoms with Crippen molar-refractivity contribution in [2.45, 2.75) is 46.1 Å². The summed E-state index contributed by atoms with van der Waals surface area (Å²) in [6.45, 7) is 6.75. The highest BCUT2D eigenvalue weighted by Crippen LogP contribution is 2.46. The molecule has 0 amide bonds. The van der Waals surface area contributed by atoms with Crippen LogP contribution in [0.25, 0.3) is 0 Å². The van der Waals surface area contributed by atoms with Crippen LogP contribution in [0.15, 0.2) is 65.4 Å². The number of allylic oxidation sites excluding steroid dienone is 2. The van der Waals surface area contributed by atoms with Crippen LogP contribution >= 0.6 is 0 Å². The molecule has 4 rings (SSSR count). The zero-order valence-corrected chi connectivity index (χ0v) is 18.7. The molecule has 1 aliphatic heterocycles. The quantitative estimate of drug-likeness (QED) is 0.643. The molecule has 3 heterocycles. The third-order valence-corrected chi connectivity index (χ3v) is 5.80. The Hall–Kier alpha value is -3.19. The lowest BCUT2D eigenvalue weighted by atomic mass is 9.69. The van der Waals surface area contributed by atoms with Gasteiger partial charge in [-0.3, -0.25) is 9.78 Å². The molecule has 1 unspecified atom stereocenters. The third-order valence-electron chi connectivity index (χ3n) is 5.80. The minimum atomic E-state index is -0.535. The molecule has 0 fully saturated rings. The molecule has 1 aliphatic carbocycles. The molecule has 0 spiro atoms. The summed E-state index contributed by atoms with van der Waals surface area (Å²) in [5.41, 5.74) is 4.10. The van der Waals surface area contributed by atoms with Gasteiger partial charge >= 0.3 is 5.97 Å². The number of carbonyl (C=O) groups excluding carboxylic acids is 2. The van der Waals surface area contributed by atoms with Crippen molar-refractivity contribution >= 4 is 11.8 Å². The van der Waals surface area contributed by atoms with E-state index in [0.717, 1.165) is 17.0 Å². The van der Waals surface area contributed by atoms with Gasteiger partial charge in [0.1, 0.15) is 0 Å². The van der Waals surface area contributed by atoms with E-state index in [0.29, 0.717) is 36.3 Å². The molecule has 7 heteroatoms. The van der Waals surface area contributed by atoms with Gasteiger partial charge < -0.3 is 19.8 Å². The Morgan fingerprint density at radius 2 is 2.06 bits per heavy atom. The Bertz CT molecular complexity index is 1050. The lowest BCUT2D eigenvalue weighted by Crippen LogP contribution is -2.40. The van der Waals surface area contributed by atoms with Gasteiger partial charge in [-0.1, -0.05) is 19.9 Å². The standard InChI is InChI=1S/C25H29N3O4/c1-4-32-24(30)23-19(15-31-14-17-8-6-10-27-17)28-18-11-25(2,3)12-20(29)22(18)21(23)16-7-5-9-26-13-16/h5-10,13,21,27-28H,4,11-12,14-15H2,1-3H3. The summed E-state index contributed by atoms with van der Waals surface area (Å²) in [6, 6.07) is 7.57. The molecular weight excluding hydrogens is 406 g/mol. The predicted molar refractivity (Wildman–Crippen MR) is 119 cm³/mol. The van der Waals surface area contributed by atoms with Gasteiger partial charge in [0.2, 0.25) is 0 Å². The van der Waals surface area contributed by atoms with Crippen molar-refractivity contribution in [1.29, 1.82) is 0 Å². The number of aromatic nitrogens is 2. The summed E-state index contributed by atoms with van der Waals surface area (Å²) >= 11 is 0. The number of nitrogens with zero attached hydrogens (tertiary/aromatic N) is 1. The van der Waals surface area contributed by atoms with E-state index in [4.69, 9.17) is 9.47 Å². The van der Waals surface area contributed by atoms with E-state index >= 15 is 0 Å². The highest BCUT2D eigenvalue weighted by Gasteiger charge is 2.43. The van der Waals surface area contributed by atoms with E-state index in [9.17, 15) is 9.59 Å². The maximum atomic E-state index is 13.3. The van der Waals surface area contributed by atoms with Gasteiger partial charge in [0, 0.05) is 47.9 Å². The van der Waals surface area contributed by atoms with Crippen LogP contribution in [-0.2, 0) is 25.7 Å². The first kappa shape index (κ1) is 22.0. The number of ketones is 1. The number of hydrogen-bond donors (Lipinski definition) is 2. The summed E-state index contributed by atoms with van der Waals surface area (Å²) in [6.07, 6.45) is 6.37. The van der Waals surface area contributed by atoms with Gasteiger partial charge in [-0.25, -0.2) is 4.79 Å². The van der Waals surface area contributed by atoms with E-state index in [1.807, 2.05) is 30.5 Å². The van der Waals surface area contributed by atoms with Gasteiger partial charge in [-0.2, -0.15) is 0 Å². The van der Waals surface area contributed by atoms with Crippen molar-refractivity contribution < 1.29 is 19.1 Å². The zero-order chi connectivity index (χ0) is 22.7. The van der Waals surface area contributed by atoms with Crippen LogP contribution in [0.5, 0.6) is 0 Å². The van der Waals surface area contributed by atoms with Gasteiger partial charge in [-0.15, -0.1) is 0 Å². The lowest BCUT2D eigenvalue weighted by molar-refractivity contribution is -0.139. The van der Waals surface area contributed by atoms with E-state index in [2.05, 4.69) is 29.1 Å². The first-order valence-corrected chi connectivity index (χ1v) is 10.9. The summed E-state index contributed by atoms with van der Waals surface area (Å²) in [5, 5.41) is 3.39. The summed E-state index contributed by atoms with van der Waals surface area (Å²) in [5.74, 6) is -0.936. The highest BCUT2D eigenvalue weighted by atomic mass is 16.5. The van der Waals surface area contributed by atoms with Crippen molar-refractivity contribution in [3.8, 4) is 0 Å². The topological polar surface area (TPSA) is 93.3 Å². The molecule has 0 radical (unpaired) electrons. The predicted octanol–water partition coefficient (Wildman–Crippen LogP) is 3.77. The average molecular weight is 436 g/mol. The number of carbonyl (C=O) groups is 2. The fraction of sp³-hybridized carbons (Fsp3) is 0.400. The Kier molecular flexibility index (Phi) is 6.28. The normalized spacial score (nSPS) is 20.1. The fourth-order valence-corrected chi connectivity index (χ4v) is 4.51. The number of aromatic amines is 1. The van der Waals surface area contributed by atoms with Gasteiger partial charge in [-0.05, 0) is 42.5 Å². The molecule has 168 valence electrons. The number of rotatable bonds is 7. The molecule has 0 aromatic carbocycles. The summed E-state index contributed by atoms with van der Waals surface area (Å²) in [7, 11) is 0. The molecule has 0 bridgehead atoms. The molecule has 32 heavy (non-hydrogen) atoms. The molecule has 2 aliphatic rings.